The molecule has 0 aromatic heterocycles. The molecule has 4 aliphatic rings. The van der Waals surface area contributed by atoms with Crippen LogP contribution in [0.2, 0.25) is 0 Å². The molecule has 0 unspecified atom stereocenters. The zero-order chi connectivity index (χ0) is 13.5. The molecular formula is C15H8N2OS2. The molecule has 0 spiro atoms. The summed E-state index contributed by atoms with van der Waals surface area (Å²) in [6, 6.07) is 11.5. The van der Waals surface area contributed by atoms with Gasteiger partial charge in [0.05, 0.1) is 9.75 Å². The van der Waals surface area contributed by atoms with Gasteiger partial charge in [0.25, 0.3) is 0 Å². The minimum atomic E-state index is 0.0619. The van der Waals surface area contributed by atoms with Crippen LogP contribution in [0.4, 0.5) is 0 Å². The number of fused-ring (bicyclic) bond motifs is 2. The fraction of sp³-hybridized carbons (Fsp3) is 0. The average Bonchev–Trinajstić information content (AvgIpc) is 3.11. The monoisotopic (exact) mass is 296 g/mol. The van der Waals surface area contributed by atoms with Crippen LogP contribution >= 0.6 is 23.1 Å². The summed E-state index contributed by atoms with van der Waals surface area (Å²) in [7, 11) is 0. The Hall–Kier alpha value is -2.11. The second-order valence-electron chi connectivity index (χ2n) is 4.40. The third kappa shape index (κ3) is 1.67. The van der Waals surface area contributed by atoms with Crippen LogP contribution in [0.15, 0.2) is 48.8 Å². The second kappa shape index (κ2) is 4.47. The van der Waals surface area contributed by atoms with E-state index in [1.54, 1.807) is 12.4 Å². The molecule has 96 valence electrons. The van der Waals surface area contributed by atoms with E-state index < -0.39 is 0 Å². The smallest absolute Gasteiger partial charge is 0.194 e. The van der Waals surface area contributed by atoms with E-state index in [2.05, 4.69) is 8.75 Å². The first-order chi connectivity index (χ1) is 9.84. The number of nitrogens with zero attached hydrogens (tertiary/aromatic N) is 2. The second-order valence-corrected chi connectivity index (χ2v) is 6.07. The van der Waals surface area contributed by atoms with Crippen molar-refractivity contribution < 1.29 is 4.79 Å². The topological polar surface area (TPSA) is 42.9 Å². The Bertz CT molecular complexity index is 779. The van der Waals surface area contributed by atoms with Crippen LogP contribution in [0.5, 0.6) is 0 Å². The summed E-state index contributed by atoms with van der Waals surface area (Å²) < 4.78 is 8.24. The minimum Gasteiger partial charge on any atom is -0.289 e. The van der Waals surface area contributed by atoms with Gasteiger partial charge in [-0.2, -0.15) is 0 Å². The summed E-state index contributed by atoms with van der Waals surface area (Å²) in [5.74, 6) is 0.0619. The first-order valence-electron chi connectivity index (χ1n) is 6.06. The van der Waals surface area contributed by atoms with E-state index in [0.717, 1.165) is 32.0 Å². The van der Waals surface area contributed by atoms with Crippen LogP contribution < -0.4 is 0 Å². The Balaban J connectivity index is 1.86. The summed E-state index contributed by atoms with van der Waals surface area (Å²) >= 11 is 2.81. The number of aromatic nitrogens is 2. The lowest BCUT2D eigenvalue weighted by Gasteiger charge is -2.03. The van der Waals surface area contributed by atoms with Crippen molar-refractivity contribution in [2.45, 2.75) is 0 Å². The summed E-state index contributed by atoms with van der Waals surface area (Å²) in [5.41, 5.74) is 3.44. The summed E-state index contributed by atoms with van der Waals surface area (Å²) in [6.45, 7) is 0. The molecule has 0 aromatic carbocycles. The number of hydrogen-bond donors (Lipinski definition) is 0. The molecule has 0 atom stereocenters. The van der Waals surface area contributed by atoms with Crippen LogP contribution in [0.1, 0.15) is 15.9 Å². The Morgan fingerprint density at radius 1 is 0.750 bits per heavy atom. The van der Waals surface area contributed by atoms with E-state index in [4.69, 9.17) is 0 Å². The molecule has 0 saturated carbocycles. The van der Waals surface area contributed by atoms with Crippen LogP contribution in [0.25, 0.3) is 20.9 Å². The zero-order valence-corrected chi connectivity index (χ0v) is 11.9. The van der Waals surface area contributed by atoms with Gasteiger partial charge in [-0.1, -0.05) is 0 Å². The number of ketones is 1. The molecule has 4 rings (SSSR count). The first-order valence-corrected chi connectivity index (χ1v) is 7.61. The standard InChI is InChI=1S/C15H8N2OS2/c18-15(11-1-3-13-9(11)5-7-16-19-13)12-2-4-14-10(12)6-8-17-20-14/h1-8H. The van der Waals surface area contributed by atoms with Crippen molar-refractivity contribution in [2.75, 3.05) is 0 Å². The number of hydrogen-bond acceptors (Lipinski definition) is 5. The number of carbonyl (C=O) groups is 1. The van der Waals surface area contributed by atoms with E-state index in [9.17, 15) is 4.79 Å². The molecule has 0 radical (unpaired) electrons. The highest BCUT2D eigenvalue weighted by atomic mass is 32.1. The Morgan fingerprint density at radius 3 is 1.75 bits per heavy atom. The molecule has 0 fully saturated rings. The van der Waals surface area contributed by atoms with Crippen molar-refractivity contribution in [3.63, 3.8) is 0 Å². The van der Waals surface area contributed by atoms with Gasteiger partial charge in [0.15, 0.2) is 5.78 Å². The van der Waals surface area contributed by atoms with Crippen molar-refractivity contribution >= 4 is 28.8 Å². The van der Waals surface area contributed by atoms with Gasteiger partial charge in [-0.05, 0) is 59.5 Å². The highest BCUT2D eigenvalue weighted by Crippen LogP contribution is 2.35. The van der Waals surface area contributed by atoms with E-state index >= 15 is 0 Å². The fourth-order valence-corrected chi connectivity index (χ4v) is 3.65. The summed E-state index contributed by atoms with van der Waals surface area (Å²) in [4.78, 5) is 14.8. The molecule has 2 aliphatic heterocycles. The molecule has 3 nitrogen and oxygen atoms in total. The lowest BCUT2D eigenvalue weighted by Crippen LogP contribution is -2.00. The van der Waals surface area contributed by atoms with Crippen LogP contribution in [-0.4, -0.2) is 14.5 Å². The van der Waals surface area contributed by atoms with Crippen molar-refractivity contribution in [3.8, 4) is 20.9 Å². The highest BCUT2D eigenvalue weighted by molar-refractivity contribution is 7.09. The largest absolute Gasteiger partial charge is 0.289 e. The summed E-state index contributed by atoms with van der Waals surface area (Å²) in [5, 5.41) is 0. The maximum atomic E-state index is 12.8. The number of rotatable bonds is 2. The maximum absolute atomic E-state index is 12.8. The molecule has 0 aromatic rings. The minimum absolute atomic E-state index is 0.0619. The zero-order valence-electron chi connectivity index (χ0n) is 10.2. The molecule has 20 heavy (non-hydrogen) atoms. The molecule has 2 heterocycles. The van der Waals surface area contributed by atoms with E-state index in [0.29, 0.717) is 0 Å². The van der Waals surface area contributed by atoms with Crippen LogP contribution in [-0.2, 0) is 0 Å². The van der Waals surface area contributed by atoms with Crippen molar-refractivity contribution in [3.05, 3.63) is 59.9 Å². The van der Waals surface area contributed by atoms with Crippen molar-refractivity contribution in [2.24, 2.45) is 0 Å². The van der Waals surface area contributed by atoms with E-state index in [1.165, 1.54) is 23.1 Å². The highest BCUT2D eigenvalue weighted by Gasteiger charge is 2.22. The van der Waals surface area contributed by atoms with Crippen LogP contribution in [0.3, 0.4) is 0 Å². The fourth-order valence-electron chi connectivity index (χ4n) is 2.37. The summed E-state index contributed by atoms with van der Waals surface area (Å²) in [6.07, 6.45) is 3.47. The molecular weight excluding hydrogens is 288 g/mol. The lowest BCUT2D eigenvalue weighted by atomic mass is 10.0. The van der Waals surface area contributed by atoms with E-state index in [-0.39, 0.29) is 5.78 Å². The normalized spacial score (nSPS) is 11.2. The maximum Gasteiger partial charge on any atom is 0.194 e. The Kier molecular flexibility index (Phi) is 2.61. The Labute approximate surface area is 123 Å². The molecule has 0 bridgehead atoms. The van der Waals surface area contributed by atoms with Crippen molar-refractivity contribution in [1.29, 1.82) is 0 Å². The Morgan fingerprint density at radius 2 is 1.25 bits per heavy atom. The molecule has 0 amide bonds. The van der Waals surface area contributed by atoms with Crippen molar-refractivity contribution in [1.82, 2.24) is 8.75 Å². The molecule has 0 N–H and O–H groups in total. The molecule has 2 aliphatic carbocycles. The third-order valence-corrected chi connectivity index (χ3v) is 4.87. The van der Waals surface area contributed by atoms with Crippen LogP contribution in [0, 0.1) is 0 Å². The van der Waals surface area contributed by atoms with Gasteiger partial charge in [-0.15, -0.1) is 0 Å². The SMILES string of the molecule is O=C(c1ccc2snccc1-2)c1ccc2snccc1-2. The van der Waals surface area contributed by atoms with Gasteiger partial charge in [0.1, 0.15) is 0 Å². The van der Waals surface area contributed by atoms with Gasteiger partial charge in [-0.25, -0.2) is 8.75 Å². The van der Waals surface area contributed by atoms with E-state index in [1.807, 2.05) is 36.4 Å². The van der Waals surface area contributed by atoms with Gasteiger partial charge in [0, 0.05) is 34.6 Å². The lowest BCUT2D eigenvalue weighted by molar-refractivity contribution is 0.104. The third-order valence-electron chi connectivity index (χ3n) is 3.31. The quantitative estimate of drug-likeness (QED) is 0.524. The average molecular weight is 296 g/mol. The van der Waals surface area contributed by atoms with Gasteiger partial charge >= 0.3 is 0 Å². The predicted octanol–water partition coefficient (Wildman–Crippen LogP) is 4.04. The van der Waals surface area contributed by atoms with Gasteiger partial charge in [0.2, 0.25) is 0 Å². The first kappa shape index (κ1) is 11.7. The molecule has 5 heteroatoms. The number of carbonyl (C=O) groups excluding carboxylic acids is 1. The molecule has 0 saturated heterocycles. The van der Waals surface area contributed by atoms with Gasteiger partial charge in [-0.3, -0.25) is 4.79 Å². The van der Waals surface area contributed by atoms with Gasteiger partial charge < -0.3 is 0 Å². The predicted molar refractivity (Wildman–Crippen MR) is 80.9 cm³/mol.